The lowest BCUT2D eigenvalue weighted by atomic mass is 10.2. The molecule has 2 aromatic rings. The summed E-state index contributed by atoms with van der Waals surface area (Å²) in [5, 5.41) is 17.7. The number of hydrogen-bond donors (Lipinski definition) is 1. The minimum Gasteiger partial charge on any atom is -0.509 e. The van der Waals surface area contributed by atoms with Crippen molar-refractivity contribution >= 4 is 0 Å². The fourth-order valence-electron chi connectivity index (χ4n) is 1.52. The average Bonchev–Trinajstić information content (AvgIpc) is 2.48. The number of nitriles is 1. The lowest BCUT2D eigenvalue weighted by Gasteiger charge is -2.07. The molecular weight excluding hydrogens is 273 g/mol. The molecular formula is C16H12FNO3. The first kappa shape index (κ1) is 14.4. The van der Waals surface area contributed by atoms with Gasteiger partial charge in [-0.3, -0.25) is 0 Å². The van der Waals surface area contributed by atoms with E-state index in [0.29, 0.717) is 11.5 Å². The van der Waals surface area contributed by atoms with E-state index < -0.39 is 5.82 Å². The molecule has 0 radical (unpaired) electrons. The number of aliphatic hydroxyl groups is 1. The van der Waals surface area contributed by atoms with E-state index in [9.17, 15) is 4.39 Å². The summed E-state index contributed by atoms with van der Waals surface area (Å²) in [6, 6.07) is 12.3. The quantitative estimate of drug-likeness (QED) is 0.851. The summed E-state index contributed by atoms with van der Waals surface area (Å²) < 4.78 is 24.2. The maximum atomic E-state index is 13.7. The van der Waals surface area contributed by atoms with Gasteiger partial charge in [-0.05, 0) is 49.4 Å². The second-order valence-corrected chi connectivity index (χ2v) is 4.21. The fraction of sp³-hybridized carbons (Fsp3) is 0.0625. The van der Waals surface area contributed by atoms with Crippen LogP contribution in [0.2, 0.25) is 0 Å². The zero-order valence-electron chi connectivity index (χ0n) is 11.2. The van der Waals surface area contributed by atoms with E-state index in [1.165, 1.54) is 25.3 Å². The Morgan fingerprint density at radius 2 is 1.86 bits per heavy atom. The molecule has 0 aliphatic carbocycles. The summed E-state index contributed by atoms with van der Waals surface area (Å²) in [5.41, 5.74) is 0.231. The highest BCUT2D eigenvalue weighted by molar-refractivity contribution is 5.40. The summed E-state index contributed by atoms with van der Waals surface area (Å²) in [6.45, 7) is 1.49. The molecule has 21 heavy (non-hydrogen) atoms. The van der Waals surface area contributed by atoms with E-state index in [-0.39, 0.29) is 17.1 Å². The van der Waals surface area contributed by atoms with Crippen LogP contribution in [0, 0.1) is 17.1 Å². The molecule has 2 aromatic carbocycles. The number of hydrogen-bond acceptors (Lipinski definition) is 4. The molecule has 0 bridgehead atoms. The molecule has 2 rings (SSSR count). The summed E-state index contributed by atoms with van der Waals surface area (Å²) in [6.07, 6.45) is 1.20. The van der Waals surface area contributed by atoms with Crippen molar-refractivity contribution in [3.8, 4) is 23.3 Å². The molecule has 4 nitrogen and oxygen atoms in total. The number of benzene rings is 2. The highest BCUT2D eigenvalue weighted by atomic mass is 19.1. The summed E-state index contributed by atoms with van der Waals surface area (Å²) in [5.74, 6) is 0.420. The number of aliphatic hydroxyl groups excluding tert-OH is 1. The van der Waals surface area contributed by atoms with Crippen LogP contribution in [-0.4, -0.2) is 5.11 Å². The topological polar surface area (TPSA) is 62.5 Å². The zero-order valence-corrected chi connectivity index (χ0v) is 11.2. The van der Waals surface area contributed by atoms with Gasteiger partial charge >= 0.3 is 0 Å². The molecule has 0 fully saturated rings. The van der Waals surface area contributed by atoms with Gasteiger partial charge in [-0.1, -0.05) is 0 Å². The van der Waals surface area contributed by atoms with Gasteiger partial charge in [-0.25, -0.2) is 4.39 Å². The van der Waals surface area contributed by atoms with E-state index in [0.717, 1.165) is 6.07 Å². The molecule has 0 saturated carbocycles. The van der Waals surface area contributed by atoms with Gasteiger partial charge < -0.3 is 14.6 Å². The molecule has 0 saturated heterocycles. The van der Waals surface area contributed by atoms with Crippen LogP contribution in [0.4, 0.5) is 4.39 Å². The van der Waals surface area contributed by atoms with Gasteiger partial charge in [0, 0.05) is 0 Å². The lowest BCUT2D eigenvalue weighted by Crippen LogP contribution is -1.90. The molecule has 0 aliphatic heterocycles. The predicted molar refractivity (Wildman–Crippen MR) is 74.6 cm³/mol. The Kier molecular flexibility index (Phi) is 4.42. The molecule has 1 N–H and O–H groups in total. The molecule has 0 amide bonds. The third-order valence-corrected chi connectivity index (χ3v) is 2.48. The number of rotatable bonds is 4. The Morgan fingerprint density at radius 3 is 2.43 bits per heavy atom. The van der Waals surface area contributed by atoms with Gasteiger partial charge in [0.15, 0.2) is 11.6 Å². The van der Waals surface area contributed by atoms with E-state index in [2.05, 4.69) is 0 Å². The van der Waals surface area contributed by atoms with Crippen LogP contribution in [0.5, 0.6) is 17.2 Å². The van der Waals surface area contributed by atoms with Gasteiger partial charge in [-0.15, -0.1) is 0 Å². The van der Waals surface area contributed by atoms with Gasteiger partial charge in [-0.2, -0.15) is 5.26 Å². The fourth-order valence-corrected chi connectivity index (χ4v) is 1.52. The Bertz CT molecular complexity index is 698. The lowest BCUT2D eigenvalue weighted by molar-refractivity contribution is 0.369. The van der Waals surface area contributed by atoms with Crippen LogP contribution < -0.4 is 9.47 Å². The minimum absolute atomic E-state index is 0.0359. The number of allylic oxidation sites excluding steroid dienone is 1. The standard InChI is InChI=1S/C16H12FNO3/c1-11(19)10-20-13-3-5-14(6-4-13)21-16-7-2-12(9-18)8-15(16)17/h2-8,10,19H,1H3. The molecule has 0 heterocycles. The average molecular weight is 285 g/mol. The van der Waals surface area contributed by atoms with E-state index in [1.807, 2.05) is 6.07 Å². The first-order valence-corrected chi connectivity index (χ1v) is 6.08. The third-order valence-electron chi connectivity index (χ3n) is 2.48. The van der Waals surface area contributed by atoms with Crippen molar-refractivity contribution < 1.29 is 19.0 Å². The maximum absolute atomic E-state index is 13.7. The van der Waals surface area contributed by atoms with Gasteiger partial charge in [0.25, 0.3) is 0 Å². The van der Waals surface area contributed by atoms with Crippen molar-refractivity contribution in [3.05, 3.63) is 65.9 Å². The third kappa shape index (κ3) is 3.98. The second kappa shape index (κ2) is 6.44. The maximum Gasteiger partial charge on any atom is 0.167 e. The van der Waals surface area contributed by atoms with E-state index in [4.69, 9.17) is 19.8 Å². The van der Waals surface area contributed by atoms with Crippen LogP contribution in [0.25, 0.3) is 0 Å². The first-order valence-electron chi connectivity index (χ1n) is 6.08. The summed E-state index contributed by atoms with van der Waals surface area (Å²) in [7, 11) is 0. The largest absolute Gasteiger partial charge is 0.509 e. The van der Waals surface area contributed by atoms with Crippen molar-refractivity contribution in [3.63, 3.8) is 0 Å². The van der Waals surface area contributed by atoms with Crippen LogP contribution in [0.3, 0.4) is 0 Å². The SMILES string of the molecule is CC(O)=COc1ccc(Oc2ccc(C#N)cc2F)cc1. The molecule has 106 valence electrons. The van der Waals surface area contributed by atoms with Crippen LogP contribution >= 0.6 is 0 Å². The van der Waals surface area contributed by atoms with Crippen LogP contribution in [-0.2, 0) is 0 Å². The van der Waals surface area contributed by atoms with E-state index in [1.54, 1.807) is 24.3 Å². The molecule has 0 atom stereocenters. The zero-order chi connectivity index (χ0) is 15.2. The molecule has 0 spiro atoms. The summed E-state index contributed by atoms with van der Waals surface area (Å²) >= 11 is 0. The van der Waals surface area contributed by atoms with Crippen LogP contribution in [0.1, 0.15) is 12.5 Å². The van der Waals surface area contributed by atoms with Crippen LogP contribution in [0.15, 0.2) is 54.5 Å². The smallest absolute Gasteiger partial charge is 0.167 e. The predicted octanol–water partition coefficient (Wildman–Crippen LogP) is 4.29. The first-order chi connectivity index (χ1) is 10.1. The summed E-state index contributed by atoms with van der Waals surface area (Å²) in [4.78, 5) is 0. The van der Waals surface area contributed by atoms with Gasteiger partial charge in [0.1, 0.15) is 23.5 Å². The van der Waals surface area contributed by atoms with Crippen molar-refractivity contribution in [1.29, 1.82) is 5.26 Å². The Hall–Kier alpha value is -3.00. The van der Waals surface area contributed by atoms with E-state index >= 15 is 0 Å². The highest BCUT2D eigenvalue weighted by Gasteiger charge is 2.06. The van der Waals surface area contributed by atoms with Crippen molar-refractivity contribution in [2.75, 3.05) is 0 Å². The Balaban J connectivity index is 2.10. The number of halogens is 1. The van der Waals surface area contributed by atoms with Gasteiger partial charge in [0.05, 0.1) is 11.6 Å². The second-order valence-electron chi connectivity index (χ2n) is 4.21. The van der Waals surface area contributed by atoms with Crippen molar-refractivity contribution in [1.82, 2.24) is 0 Å². The Labute approximate surface area is 121 Å². The number of ether oxygens (including phenoxy) is 2. The molecule has 0 aliphatic rings. The Morgan fingerprint density at radius 1 is 1.19 bits per heavy atom. The molecule has 5 heteroatoms. The molecule has 0 aromatic heterocycles. The minimum atomic E-state index is -0.604. The monoisotopic (exact) mass is 285 g/mol. The van der Waals surface area contributed by atoms with Crippen molar-refractivity contribution in [2.45, 2.75) is 6.92 Å². The normalized spacial score (nSPS) is 10.8. The highest BCUT2D eigenvalue weighted by Crippen LogP contribution is 2.26. The van der Waals surface area contributed by atoms with Crippen molar-refractivity contribution in [2.24, 2.45) is 0 Å². The number of nitrogens with zero attached hydrogens (tertiary/aromatic N) is 1. The molecule has 0 unspecified atom stereocenters. The van der Waals surface area contributed by atoms with Gasteiger partial charge in [0.2, 0.25) is 0 Å².